The maximum Gasteiger partial charge on any atom is 0.0622 e. The first kappa shape index (κ1) is 14.6. The zero-order valence-electron chi connectivity index (χ0n) is 12.6. The van der Waals surface area contributed by atoms with E-state index in [0.29, 0.717) is 6.42 Å². The molecule has 20 heavy (non-hydrogen) atoms. The molecule has 2 aromatic rings. The van der Waals surface area contributed by atoms with E-state index in [2.05, 4.69) is 67.3 Å². The summed E-state index contributed by atoms with van der Waals surface area (Å²) in [5.41, 5.74) is 2.73. The van der Waals surface area contributed by atoms with Gasteiger partial charge in [0.1, 0.15) is 0 Å². The van der Waals surface area contributed by atoms with Gasteiger partial charge in [-0.3, -0.25) is 0 Å². The Balaban J connectivity index is 2.13. The van der Waals surface area contributed by atoms with E-state index >= 15 is 0 Å². The maximum atomic E-state index is 8.54. The van der Waals surface area contributed by atoms with Crippen molar-refractivity contribution in [3.8, 4) is 6.07 Å². The van der Waals surface area contributed by atoms with Crippen LogP contribution in [-0.2, 0) is 12.5 Å². The molecule has 0 saturated carbocycles. The molecule has 0 aliphatic heterocycles. The van der Waals surface area contributed by atoms with Crippen molar-refractivity contribution in [1.29, 1.82) is 5.26 Å². The summed E-state index contributed by atoms with van der Waals surface area (Å²) in [4.78, 5) is 0. The smallest absolute Gasteiger partial charge is 0.0622 e. The second-order valence-corrected chi connectivity index (χ2v) is 5.99. The largest absolute Gasteiger partial charge is 0.350 e. The van der Waals surface area contributed by atoms with Crippen molar-refractivity contribution in [2.45, 2.75) is 32.1 Å². The van der Waals surface area contributed by atoms with Crippen LogP contribution in [0.25, 0.3) is 10.9 Å². The number of unbranched alkanes of at least 4 members (excludes halogenated alkanes) is 1. The number of nitrogens with zero attached hydrogens (tertiary/aromatic N) is 2. The molecule has 1 aromatic carbocycles. The van der Waals surface area contributed by atoms with E-state index in [4.69, 9.17) is 5.26 Å². The minimum absolute atomic E-state index is 0.0769. The highest BCUT2D eigenvalue weighted by Gasteiger charge is 2.24. The van der Waals surface area contributed by atoms with E-state index in [0.717, 1.165) is 19.5 Å². The van der Waals surface area contributed by atoms with E-state index in [9.17, 15) is 0 Å². The Bertz CT molecular complexity index is 617. The number of benzene rings is 1. The summed E-state index contributed by atoms with van der Waals surface area (Å²) >= 11 is 0. The molecule has 0 unspecified atom stereocenters. The molecule has 1 aromatic heterocycles. The number of nitrogens with one attached hydrogen (secondary N) is 1. The molecule has 0 fully saturated rings. The summed E-state index contributed by atoms with van der Waals surface area (Å²) in [6.07, 6.45) is 3.78. The lowest BCUT2D eigenvalue weighted by molar-refractivity contribution is 0.469. The van der Waals surface area contributed by atoms with Gasteiger partial charge in [-0.1, -0.05) is 32.0 Å². The third kappa shape index (κ3) is 3.02. The number of para-hydroxylation sites is 1. The third-order valence-corrected chi connectivity index (χ3v) is 3.84. The van der Waals surface area contributed by atoms with Crippen molar-refractivity contribution < 1.29 is 0 Å². The minimum Gasteiger partial charge on any atom is -0.350 e. The third-order valence-electron chi connectivity index (χ3n) is 3.84. The first-order valence-electron chi connectivity index (χ1n) is 7.18. The Morgan fingerprint density at radius 3 is 2.80 bits per heavy atom. The molecule has 0 bridgehead atoms. The van der Waals surface area contributed by atoms with Crippen LogP contribution in [0.1, 0.15) is 32.3 Å². The summed E-state index contributed by atoms with van der Waals surface area (Å²) in [5.74, 6) is 0. The molecule has 3 heteroatoms. The Morgan fingerprint density at radius 1 is 1.30 bits per heavy atom. The van der Waals surface area contributed by atoms with Gasteiger partial charge in [0.2, 0.25) is 0 Å². The Morgan fingerprint density at radius 2 is 2.05 bits per heavy atom. The summed E-state index contributed by atoms with van der Waals surface area (Å²) in [5, 5.41) is 13.3. The second-order valence-electron chi connectivity index (χ2n) is 5.99. The van der Waals surface area contributed by atoms with E-state index < -0.39 is 0 Å². The normalized spacial score (nSPS) is 11.7. The lowest BCUT2D eigenvalue weighted by atomic mass is 9.84. The van der Waals surface area contributed by atoms with E-state index in [-0.39, 0.29) is 5.41 Å². The summed E-state index contributed by atoms with van der Waals surface area (Å²) in [6, 6.07) is 10.7. The molecule has 0 aliphatic rings. The first-order chi connectivity index (χ1) is 9.56. The van der Waals surface area contributed by atoms with Gasteiger partial charge in [0, 0.05) is 42.5 Å². The highest BCUT2D eigenvalue weighted by atomic mass is 14.9. The molecule has 0 atom stereocenters. The van der Waals surface area contributed by atoms with Gasteiger partial charge >= 0.3 is 0 Å². The molecular weight excluding hydrogens is 246 g/mol. The van der Waals surface area contributed by atoms with Crippen LogP contribution in [0.3, 0.4) is 0 Å². The van der Waals surface area contributed by atoms with Crippen LogP contribution >= 0.6 is 0 Å². The minimum atomic E-state index is 0.0769. The van der Waals surface area contributed by atoms with Crippen LogP contribution in [0.2, 0.25) is 0 Å². The molecule has 0 spiro atoms. The van der Waals surface area contributed by atoms with Crippen molar-refractivity contribution in [2.75, 3.05) is 13.1 Å². The molecule has 3 nitrogen and oxygen atoms in total. The fraction of sp³-hybridized carbons (Fsp3) is 0.471. The summed E-state index contributed by atoms with van der Waals surface area (Å²) in [7, 11) is 2.10. The number of fused-ring (bicyclic) bond motifs is 1. The lowest BCUT2D eigenvalue weighted by Crippen LogP contribution is -2.33. The number of hydrogen-bond donors (Lipinski definition) is 1. The predicted octanol–water partition coefficient (Wildman–Crippen LogP) is 3.35. The van der Waals surface area contributed by atoms with Gasteiger partial charge in [-0.25, -0.2) is 0 Å². The molecule has 0 aliphatic carbocycles. The molecule has 106 valence electrons. The monoisotopic (exact) mass is 269 g/mol. The summed E-state index contributed by atoms with van der Waals surface area (Å²) < 4.78 is 2.20. The van der Waals surface area contributed by atoms with Crippen LogP contribution < -0.4 is 5.32 Å². The van der Waals surface area contributed by atoms with Crippen LogP contribution in [-0.4, -0.2) is 17.7 Å². The fourth-order valence-corrected chi connectivity index (χ4v) is 2.67. The topological polar surface area (TPSA) is 40.8 Å². The molecule has 1 heterocycles. The Labute approximate surface area is 121 Å². The molecule has 0 amide bonds. The highest BCUT2D eigenvalue weighted by Crippen LogP contribution is 2.31. The molecule has 0 saturated heterocycles. The zero-order valence-corrected chi connectivity index (χ0v) is 12.6. The van der Waals surface area contributed by atoms with Crippen molar-refractivity contribution in [2.24, 2.45) is 7.05 Å². The zero-order chi connectivity index (χ0) is 14.6. The van der Waals surface area contributed by atoms with Crippen molar-refractivity contribution in [3.05, 3.63) is 36.0 Å². The van der Waals surface area contributed by atoms with Crippen molar-refractivity contribution in [3.63, 3.8) is 0 Å². The van der Waals surface area contributed by atoms with Gasteiger partial charge in [-0.05, 0) is 24.6 Å². The van der Waals surface area contributed by atoms with E-state index in [1.807, 2.05) is 0 Å². The van der Waals surface area contributed by atoms with Crippen LogP contribution in [0.5, 0.6) is 0 Å². The number of hydrogen-bond acceptors (Lipinski definition) is 2. The highest BCUT2D eigenvalue weighted by molar-refractivity contribution is 5.85. The second kappa shape index (κ2) is 6.11. The average Bonchev–Trinajstić information content (AvgIpc) is 2.77. The quantitative estimate of drug-likeness (QED) is 0.817. The van der Waals surface area contributed by atoms with Gasteiger partial charge in [0.15, 0.2) is 0 Å². The SMILES string of the molecule is Cn1cc(C(C)(C)CNCCCC#N)c2ccccc21. The van der Waals surface area contributed by atoms with Gasteiger partial charge in [0.05, 0.1) is 6.07 Å². The summed E-state index contributed by atoms with van der Waals surface area (Å²) in [6.45, 7) is 6.37. The Hall–Kier alpha value is -1.79. The number of nitriles is 1. The first-order valence-corrected chi connectivity index (χ1v) is 7.18. The van der Waals surface area contributed by atoms with Crippen LogP contribution in [0, 0.1) is 11.3 Å². The van der Waals surface area contributed by atoms with Gasteiger partial charge in [0.25, 0.3) is 0 Å². The number of aryl methyl sites for hydroxylation is 1. The molecule has 2 rings (SSSR count). The van der Waals surface area contributed by atoms with Crippen LogP contribution in [0.4, 0.5) is 0 Å². The van der Waals surface area contributed by atoms with Gasteiger partial charge in [-0.2, -0.15) is 5.26 Å². The fourth-order valence-electron chi connectivity index (χ4n) is 2.67. The van der Waals surface area contributed by atoms with Gasteiger partial charge < -0.3 is 9.88 Å². The molecule has 1 N–H and O–H groups in total. The lowest BCUT2D eigenvalue weighted by Gasteiger charge is -2.25. The number of rotatable bonds is 6. The van der Waals surface area contributed by atoms with E-state index in [1.165, 1.54) is 16.5 Å². The van der Waals surface area contributed by atoms with Crippen LogP contribution in [0.15, 0.2) is 30.5 Å². The predicted molar refractivity (Wildman–Crippen MR) is 83.7 cm³/mol. The van der Waals surface area contributed by atoms with Crippen molar-refractivity contribution in [1.82, 2.24) is 9.88 Å². The van der Waals surface area contributed by atoms with Crippen molar-refractivity contribution >= 4 is 10.9 Å². The average molecular weight is 269 g/mol. The maximum absolute atomic E-state index is 8.54. The molecule has 0 radical (unpaired) electrons. The van der Waals surface area contributed by atoms with Gasteiger partial charge in [-0.15, -0.1) is 0 Å². The standard InChI is InChI=1S/C17H23N3/c1-17(2,13-19-11-7-6-10-18)15-12-20(3)16-9-5-4-8-14(15)16/h4-5,8-9,12,19H,6-7,11,13H2,1-3H3. The number of aromatic nitrogens is 1. The Kier molecular flexibility index (Phi) is 4.46. The molecular formula is C17H23N3. The van der Waals surface area contributed by atoms with E-state index in [1.54, 1.807) is 0 Å².